The minimum Gasteiger partial charge on any atom is -0.456 e. The highest BCUT2D eigenvalue weighted by atomic mass is 19.1. The third-order valence-electron chi connectivity index (χ3n) is 2.48. The molecule has 2 rings (SSSR count). The molecule has 0 aliphatic heterocycles. The van der Waals surface area contributed by atoms with Gasteiger partial charge in [0, 0.05) is 0 Å². The van der Waals surface area contributed by atoms with Gasteiger partial charge in [0.15, 0.2) is 0 Å². The highest BCUT2D eigenvalue weighted by Gasteiger charge is 2.22. The predicted molar refractivity (Wildman–Crippen MR) is 73.1 cm³/mol. The maximum absolute atomic E-state index is 13.2. The van der Waals surface area contributed by atoms with Crippen molar-refractivity contribution in [2.75, 3.05) is 5.73 Å². The van der Waals surface area contributed by atoms with E-state index >= 15 is 0 Å². The Kier molecular flexibility index (Phi) is 3.48. The van der Waals surface area contributed by atoms with Crippen molar-refractivity contribution in [3.8, 4) is 5.69 Å². The molecular weight excluding hydrogens is 261 g/mol. The van der Waals surface area contributed by atoms with Crippen molar-refractivity contribution < 1.29 is 13.9 Å². The van der Waals surface area contributed by atoms with E-state index in [1.54, 1.807) is 32.9 Å². The summed E-state index contributed by atoms with van der Waals surface area (Å²) >= 11 is 0. The van der Waals surface area contributed by atoms with E-state index in [0.29, 0.717) is 5.69 Å². The van der Waals surface area contributed by atoms with E-state index in [4.69, 9.17) is 10.5 Å². The van der Waals surface area contributed by atoms with Crippen LogP contribution in [0.15, 0.2) is 30.5 Å². The molecule has 0 saturated carbocycles. The second-order valence-electron chi connectivity index (χ2n) is 5.34. The average Bonchev–Trinajstić information content (AvgIpc) is 2.69. The molecule has 1 aromatic carbocycles. The quantitative estimate of drug-likeness (QED) is 0.856. The normalized spacial score (nSPS) is 11.4. The zero-order valence-corrected chi connectivity index (χ0v) is 11.6. The third kappa shape index (κ3) is 2.96. The Morgan fingerprint density at radius 3 is 2.70 bits per heavy atom. The molecule has 0 unspecified atom stereocenters. The van der Waals surface area contributed by atoms with Crippen molar-refractivity contribution in [2.24, 2.45) is 0 Å². The number of aromatic nitrogens is 2. The minimum absolute atomic E-state index is 0.116. The maximum atomic E-state index is 13.2. The topological polar surface area (TPSA) is 70.1 Å². The van der Waals surface area contributed by atoms with E-state index in [1.807, 2.05) is 0 Å². The van der Waals surface area contributed by atoms with Crippen molar-refractivity contribution in [1.82, 2.24) is 9.78 Å². The van der Waals surface area contributed by atoms with Crippen molar-refractivity contribution in [3.05, 3.63) is 41.8 Å². The Labute approximate surface area is 116 Å². The first-order chi connectivity index (χ1) is 9.28. The van der Waals surface area contributed by atoms with Gasteiger partial charge < -0.3 is 10.5 Å². The van der Waals surface area contributed by atoms with Crippen molar-refractivity contribution >= 4 is 11.8 Å². The van der Waals surface area contributed by atoms with Crippen LogP contribution in [0, 0.1) is 5.82 Å². The number of hydrogen-bond acceptors (Lipinski definition) is 4. The number of benzene rings is 1. The SMILES string of the molecule is CC(C)(C)OC(=O)c1cnn(-c2cccc(F)c2)c1N. The summed E-state index contributed by atoms with van der Waals surface area (Å²) in [7, 11) is 0. The Balaban J connectivity index is 2.34. The molecule has 106 valence electrons. The van der Waals surface area contributed by atoms with Gasteiger partial charge in [-0.05, 0) is 39.0 Å². The van der Waals surface area contributed by atoms with Crippen LogP contribution in [0.25, 0.3) is 5.69 Å². The molecule has 0 radical (unpaired) electrons. The predicted octanol–water partition coefficient (Wildman–Crippen LogP) is 2.55. The molecule has 1 aromatic heterocycles. The molecule has 5 nitrogen and oxygen atoms in total. The Morgan fingerprint density at radius 2 is 2.10 bits per heavy atom. The van der Waals surface area contributed by atoms with Gasteiger partial charge in [0.05, 0.1) is 11.9 Å². The van der Waals surface area contributed by atoms with Crippen LogP contribution >= 0.6 is 0 Å². The Hall–Kier alpha value is -2.37. The van der Waals surface area contributed by atoms with Gasteiger partial charge in [0.1, 0.15) is 22.8 Å². The van der Waals surface area contributed by atoms with Gasteiger partial charge in [-0.2, -0.15) is 5.10 Å². The van der Waals surface area contributed by atoms with Crippen LogP contribution < -0.4 is 5.73 Å². The van der Waals surface area contributed by atoms with E-state index in [9.17, 15) is 9.18 Å². The Morgan fingerprint density at radius 1 is 1.40 bits per heavy atom. The molecule has 0 fully saturated rings. The molecule has 2 aromatic rings. The van der Waals surface area contributed by atoms with Gasteiger partial charge in [-0.3, -0.25) is 0 Å². The molecule has 0 spiro atoms. The fourth-order valence-electron chi connectivity index (χ4n) is 1.66. The first kappa shape index (κ1) is 14.0. The van der Waals surface area contributed by atoms with Crippen LogP contribution in [-0.2, 0) is 4.74 Å². The molecule has 0 saturated heterocycles. The number of ether oxygens (including phenoxy) is 1. The minimum atomic E-state index is -0.621. The molecule has 2 N–H and O–H groups in total. The summed E-state index contributed by atoms with van der Waals surface area (Å²) in [6.45, 7) is 5.29. The van der Waals surface area contributed by atoms with Gasteiger partial charge >= 0.3 is 5.97 Å². The monoisotopic (exact) mass is 277 g/mol. The molecule has 6 heteroatoms. The number of halogens is 1. The van der Waals surface area contributed by atoms with Gasteiger partial charge in [0.25, 0.3) is 0 Å². The second-order valence-corrected chi connectivity index (χ2v) is 5.34. The van der Waals surface area contributed by atoms with Crippen LogP contribution in [0.2, 0.25) is 0 Å². The maximum Gasteiger partial charge on any atom is 0.344 e. The van der Waals surface area contributed by atoms with Crippen LogP contribution in [0.5, 0.6) is 0 Å². The summed E-state index contributed by atoms with van der Waals surface area (Å²) in [4.78, 5) is 12.0. The summed E-state index contributed by atoms with van der Waals surface area (Å²) in [5.41, 5.74) is 5.86. The summed E-state index contributed by atoms with van der Waals surface area (Å²) in [5.74, 6) is -0.848. The largest absolute Gasteiger partial charge is 0.456 e. The molecule has 0 atom stereocenters. The molecule has 20 heavy (non-hydrogen) atoms. The first-order valence-electron chi connectivity index (χ1n) is 6.11. The molecule has 1 heterocycles. The highest BCUT2D eigenvalue weighted by Crippen LogP contribution is 2.20. The van der Waals surface area contributed by atoms with E-state index < -0.39 is 17.4 Å². The summed E-state index contributed by atoms with van der Waals surface area (Å²) in [5, 5.41) is 4.00. The number of hydrogen-bond donors (Lipinski definition) is 1. The number of carbonyl (C=O) groups excluding carboxylic acids is 1. The molecule has 0 aliphatic rings. The van der Waals surface area contributed by atoms with Crippen LogP contribution in [0.3, 0.4) is 0 Å². The van der Waals surface area contributed by atoms with E-state index in [1.165, 1.54) is 23.0 Å². The lowest BCUT2D eigenvalue weighted by Gasteiger charge is -2.19. The summed E-state index contributed by atoms with van der Waals surface area (Å²) in [6.07, 6.45) is 1.31. The van der Waals surface area contributed by atoms with Gasteiger partial charge in [0.2, 0.25) is 0 Å². The number of carbonyl (C=O) groups is 1. The van der Waals surface area contributed by atoms with Crippen LogP contribution in [0.1, 0.15) is 31.1 Å². The fourth-order valence-corrected chi connectivity index (χ4v) is 1.66. The first-order valence-corrected chi connectivity index (χ1v) is 6.11. The highest BCUT2D eigenvalue weighted by molar-refractivity contribution is 5.94. The number of esters is 1. The zero-order valence-electron chi connectivity index (χ0n) is 11.6. The van der Waals surface area contributed by atoms with Crippen molar-refractivity contribution in [2.45, 2.75) is 26.4 Å². The van der Waals surface area contributed by atoms with Crippen molar-refractivity contribution in [1.29, 1.82) is 0 Å². The summed E-state index contributed by atoms with van der Waals surface area (Å²) < 4.78 is 19.7. The number of nitrogens with zero attached hydrogens (tertiary/aromatic N) is 2. The van der Waals surface area contributed by atoms with E-state index in [0.717, 1.165) is 0 Å². The fraction of sp³-hybridized carbons (Fsp3) is 0.286. The van der Waals surface area contributed by atoms with Gasteiger partial charge in [-0.1, -0.05) is 6.07 Å². The molecule has 0 amide bonds. The van der Waals surface area contributed by atoms with Crippen LogP contribution in [0.4, 0.5) is 10.2 Å². The van der Waals surface area contributed by atoms with Gasteiger partial charge in [-0.25, -0.2) is 13.9 Å². The lowest BCUT2D eigenvalue weighted by atomic mass is 10.2. The number of nitrogens with two attached hydrogens (primary N) is 1. The number of rotatable bonds is 2. The van der Waals surface area contributed by atoms with Crippen LogP contribution in [-0.4, -0.2) is 21.4 Å². The summed E-state index contributed by atoms with van der Waals surface area (Å²) in [6, 6.07) is 5.78. The lowest BCUT2D eigenvalue weighted by molar-refractivity contribution is 0.00708. The number of anilines is 1. The molecule has 0 bridgehead atoms. The average molecular weight is 277 g/mol. The lowest BCUT2D eigenvalue weighted by Crippen LogP contribution is -2.24. The van der Waals surface area contributed by atoms with E-state index in [-0.39, 0.29) is 11.4 Å². The van der Waals surface area contributed by atoms with Crippen molar-refractivity contribution in [3.63, 3.8) is 0 Å². The van der Waals surface area contributed by atoms with Gasteiger partial charge in [-0.15, -0.1) is 0 Å². The molecule has 0 aliphatic carbocycles. The standard InChI is InChI=1S/C14H16FN3O2/c1-14(2,3)20-13(19)11-8-17-18(12(11)16)10-6-4-5-9(15)7-10/h4-8H,16H2,1-3H3. The zero-order chi connectivity index (χ0) is 14.9. The second kappa shape index (κ2) is 4.96. The number of nitrogen functional groups attached to an aromatic ring is 1. The smallest absolute Gasteiger partial charge is 0.344 e. The van der Waals surface area contributed by atoms with E-state index in [2.05, 4.69) is 5.10 Å². The molecular formula is C14H16FN3O2. The third-order valence-corrected chi connectivity index (χ3v) is 2.48. The Bertz CT molecular complexity index is 644.